The topological polar surface area (TPSA) is 102 Å². The van der Waals surface area contributed by atoms with Crippen molar-refractivity contribution in [2.75, 3.05) is 13.7 Å². The van der Waals surface area contributed by atoms with Gasteiger partial charge in [-0.15, -0.1) is 0 Å². The second-order valence-electron chi connectivity index (χ2n) is 7.01. The van der Waals surface area contributed by atoms with E-state index in [1.807, 2.05) is 16.8 Å². The molecular formula is C19H23N5O3. The summed E-state index contributed by atoms with van der Waals surface area (Å²) in [6, 6.07) is 2.18. The monoisotopic (exact) mass is 369 g/mol. The molecule has 8 heteroatoms. The average Bonchev–Trinajstić information content (AvgIpc) is 3.16. The van der Waals surface area contributed by atoms with Crippen molar-refractivity contribution in [3.8, 4) is 0 Å². The zero-order chi connectivity index (χ0) is 18.8. The third-order valence-corrected chi connectivity index (χ3v) is 5.29. The molecule has 1 amide bonds. The van der Waals surface area contributed by atoms with Crippen LogP contribution in [0.15, 0.2) is 29.5 Å². The van der Waals surface area contributed by atoms with Gasteiger partial charge in [0.05, 0.1) is 24.5 Å². The van der Waals surface area contributed by atoms with Gasteiger partial charge in [-0.1, -0.05) is 0 Å². The Morgan fingerprint density at radius 1 is 1.30 bits per heavy atom. The van der Waals surface area contributed by atoms with Crippen LogP contribution in [0.2, 0.25) is 0 Å². The first-order valence-electron chi connectivity index (χ1n) is 9.29. The number of carbonyl (C=O) groups excluding carboxylic acids is 1. The SMILES string of the molecule is COCCC(=O)NC1CCC(n2c(=O)cnc3cnc4[nH]ccc4c32)CC1. The number of rotatable bonds is 5. The van der Waals surface area contributed by atoms with Crippen LogP contribution in [0.5, 0.6) is 0 Å². The highest BCUT2D eigenvalue weighted by Crippen LogP contribution is 2.31. The maximum absolute atomic E-state index is 12.7. The van der Waals surface area contributed by atoms with Gasteiger partial charge in [-0.05, 0) is 31.7 Å². The third kappa shape index (κ3) is 3.44. The number of pyridine rings is 1. The number of hydrogen-bond acceptors (Lipinski definition) is 5. The summed E-state index contributed by atoms with van der Waals surface area (Å²) in [6.45, 7) is 0.431. The highest BCUT2D eigenvalue weighted by atomic mass is 16.5. The summed E-state index contributed by atoms with van der Waals surface area (Å²) in [7, 11) is 1.59. The van der Waals surface area contributed by atoms with Gasteiger partial charge in [0.2, 0.25) is 5.91 Å². The molecule has 0 spiro atoms. The molecule has 3 aromatic heterocycles. The molecule has 3 aromatic rings. The minimum Gasteiger partial charge on any atom is -0.384 e. The standard InChI is InChI=1S/C19H23N5O3/c1-27-9-7-16(25)23-12-2-4-13(5-3-12)24-17(26)11-21-15-10-22-19-14(18(15)24)6-8-20-19/h6,8,10-13H,2-5,7,9H2,1H3,(H,20,22)(H,23,25). The van der Waals surface area contributed by atoms with Crippen LogP contribution in [0, 0.1) is 0 Å². The molecule has 8 nitrogen and oxygen atoms in total. The maximum atomic E-state index is 12.7. The predicted octanol–water partition coefficient (Wildman–Crippen LogP) is 1.91. The third-order valence-electron chi connectivity index (χ3n) is 5.29. The number of H-pyrrole nitrogens is 1. The molecule has 1 saturated carbocycles. The Morgan fingerprint density at radius 2 is 2.11 bits per heavy atom. The van der Waals surface area contributed by atoms with Crippen LogP contribution in [0.25, 0.3) is 22.1 Å². The largest absolute Gasteiger partial charge is 0.384 e. The fraction of sp³-hybridized carbons (Fsp3) is 0.474. The Bertz CT molecular complexity index is 1020. The molecule has 0 aromatic carbocycles. The van der Waals surface area contributed by atoms with Crippen LogP contribution in [-0.2, 0) is 9.53 Å². The van der Waals surface area contributed by atoms with Crippen molar-refractivity contribution in [1.29, 1.82) is 0 Å². The van der Waals surface area contributed by atoms with Crippen LogP contribution in [0.1, 0.15) is 38.1 Å². The lowest BCUT2D eigenvalue weighted by molar-refractivity contribution is -0.122. The number of amides is 1. The van der Waals surface area contributed by atoms with Crippen LogP contribution in [0.4, 0.5) is 0 Å². The minimum atomic E-state index is -0.0937. The second-order valence-corrected chi connectivity index (χ2v) is 7.01. The van der Waals surface area contributed by atoms with Gasteiger partial charge < -0.3 is 19.6 Å². The first-order valence-corrected chi connectivity index (χ1v) is 9.29. The van der Waals surface area contributed by atoms with E-state index < -0.39 is 0 Å². The Kier molecular flexibility index (Phi) is 4.89. The van der Waals surface area contributed by atoms with E-state index in [4.69, 9.17) is 4.74 Å². The Labute approximate surface area is 156 Å². The summed E-state index contributed by atoms with van der Waals surface area (Å²) in [4.78, 5) is 36.3. The summed E-state index contributed by atoms with van der Waals surface area (Å²) in [6.07, 6.45) is 8.65. The Hall–Kier alpha value is -2.74. The molecular weight excluding hydrogens is 346 g/mol. The first-order chi connectivity index (χ1) is 13.2. The number of aromatic amines is 1. The van der Waals surface area contributed by atoms with Gasteiger partial charge in [0.1, 0.15) is 11.2 Å². The van der Waals surface area contributed by atoms with Crippen LogP contribution in [-0.4, -0.2) is 45.2 Å². The van der Waals surface area contributed by atoms with Gasteiger partial charge in [0, 0.05) is 37.2 Å². The van der Waals surface area contributed by atoms with Crippen molar-refractivity contribution in [1.82, 2.24) is 24.8 Å². The summed E-state index contributed by atoms with van der Waals surface area (Å²) < 4.78 is 6.81. The number of nitrogens with zero attached hydrogens (tertiary/aromatic N) is 3. The van der Waals surface area contributed by atoms with Crippen molar-refractivity contribution in [3.05, 3.63) is 35.0 Å². The normalized spacial score (nSPS) is 20.2. The Morgan fingerprint density at radius 3 is 2.89 bits per heavy atom. The summed E-state index contributed by atoms with van der Waals surface area (Å²) in [5, 5.41) is 3.98. The number of fused-ring (bicyclic) bond motifs is 3. The van der Waals surface area contributed by atoms with Crippen LogP contribution < -0.4 is 10.9 Å². The van der Waals surface area contributed by atoms with Gasteiger partial charge in [-0.25, -0.2) is 9.97 Å². The quantitative estimate of drug-likeness (QED) is 0.715. The summed E-state index contributed by atoms with van der Waals surface area (Å²) >= 11 is 0. The van der Waals surface area contributed by atoms with Crippen molar-refractivity contribution in [3.63, 3.8) is 0 Å². The smallest absolute Gasteiger partial charge is 0.269 e. The highest BCUT2D eigenvalue weighted by Gasteiger charge is 2.26. The molecule has 1 aliphatic rings. The van der Waals surface area contributed by atoms with E-state index in [-0.39, 0.29) is 23.6 Å². The molecule has 0 unspecified atom stereocenters. The lowest BCUT2D eigenvalue weighted by Crippen LogP contribution is -2.39. The molecule has 3 heterocycles. The van der Waals surface area contributed by atoms with Crippen LogP contribution in [0.3, 0.4) is 0 Å². The first kappa shape index (κ1) is 17.7. The summed E-state index contributed by atoms with van der Waals surface area (Å²) in [5.74, 6) is 0.0203. The predicted molar refractivity (Wildman–Crippen MR) is 102 cm³/mol. The van der Waals surface area contributed by atoms with E-state index in [9.17, 15) is 9.59 Å². The molecule has 1 fully saturated rings. The lowest BCUT2D eigenvalue weighted by Gasteiger charge is -2.31. The number of carbonyl (C=O) groups is 1. The van der Waals surface area contributed by atoms with Gasteiger partial charge in [0.15, 0.2) is 0 Å². The molecule has 0 atom stereocenters. The van der Waals surface area contributed by atoms with E-state index in [1.54, 1.807) is 13.3 Å². The lowest BCUT2D eigenvalue weighted by atomic mass is 9.90. The van der Waals surface area contributed by atoms with E-state index in [0.717, 1.165) is 47.8 Å². The zero-order valence-electron chi connectivity index (χ0n) is 15.3. The zero-order valence-corrected chi connectivity index (χ0v) is 15.3. The Balaban J connectivity index is 1.57. The molecule has 27 heavy (non-hydrogen) atoms. The van der Waals surface area contributed by atoms with Gasteiger partial charge in [-0.3, -0.25) is 9.59 Å². The van der Waals surface area contributed by atoms with E-state index in [1.165, 1.54) is 6.20 Å². The van der Waals surface area contributed by atoms with Gasteiger partial charge >= 0.3 is 0 Å². The van der Waals surface area contributed by atoms with E-state index >= 15 is 0 Å². The summed E-state index contributed by atoms with van der Waals surface area (Å²) in [5.41, 5.74) is 2.21. The number of hydrogen-bond donors (Lipinski definition) is 2. The minimum absolute atomic E-state index is 0.0203. The molecule has 1 aliphatic carbocycles. The van der Waals surface area contributed by atoms with E-state index in [2.05, 4.69) is 20.3 Å². The van der Waals surface area contributed by atoms with Gasteiger partial charge in [0.25, 0.3) is 5.56 Å². The molecule has 0 radical (unpaired) electrons. The average molecular weight is 369 g/mol. The fourth-order valence-electron chi connectivity index (χ4n) is 3.96. The molecule has 0 aliphatic heterocycles. The molecule has 2 N–H and O–H groups in total. The molecule has 0 saturated heterocycles. The van der Waals surface area contributed by atoms with Crippen molar-refractivity contribution >= 4 is 28.0 Å². The second kappa shape index (κ2) is 7.48. The molecule has 4 rings (SSSR count). The van der Waals surface area contributed by atoms with Gasteiger partial charge in [-0.2, -0.15) is 0 Å². The molecule has 142 valence electrons. The maximum Gasteiger partial charge on any atom is 0.269 e. The molecule has 0 bridgehead atoms. The van der Waals surface area contributed by atoms with Crippen molar-refractivity contribution in [2.45, 2.75) is 44.2 Å². The highest BCUT2D eigenvalue weighted by molar-refractivity contribution is 6.00. The van der Waals surface area contributed by atoms with Crippen LogP contribution >= 0.6 is 0 Å². The number of methoxy groups -OCH3 is 1. The number of ether oxygens (including phenoxy) is 1. The van der Waals surface area contributed by atoms with Crippen molar-refractivity contribution in [2.24, 2.45) is 0 Å². The van der Waals surface area contributed by atoms with E-state index in [0.29, 0.717) is 13.0 Å². The number of nitrogens with one attached hydrogen (secondary N) is 2. The number of aromatic nitrogens is 4. The fourth-order valence-corrected chi connectivity index (χ4v) is 3.96. The van der Waals surface area contributed by atoms with Crippen molar-refractivity contribution < 1.29 is 9.53 Å².